The Labute approximate surface area is 171 Å². The Kier molecular flexibility index (Phi) is 8.79. The van der Waals surface area contributed by atoms with Crippen LogP contribution in [-0.2, 0) is 16.0 Å². The minimum absolute atomic E-state index is 0. The molecule has 2 fully saturated rings. The molecule has 6 nitrogen and oxygen atoms in total. The summed E-state index contributed by atoms with van der Waals surface area (Å²) >= 11 is 1.61. The molecule has 0 saturated carbocycles. The highest BCUT2D eigenvalue weighted by atomic mass is 35.5. The molecule has 2 aliphatic heterocycles. The van der Waals surface area contributed by atoms with Gasteiger partial charge in [-0.3, -0.25) is 9.59 Å². The van der Waals surface area contributed by atoms with Crippen LogP contribution < -0.4 is 5.73 Å². The molecule has 2 saturated heterocycles. The summed E-state index contributed by atoms with van der Waals surface area (Å²) in [6.07, 6.45) is 2.77. The predicted molar refractivity (Wildman–Crippen MR) is 108 cm³/mol. The van der Waals surface area contributed by atoms with Crippen molar-refractivity contribution < 1.29 is 9.59 Å². The van der Waals surface area contributed by atoms with Crippen molar-refractivity contribution in [2.75, 3.05) is 26.2 Å². The monoisotopic (exact) mass is 422 g/mol. The molecule has 2 amide bonds. The summed E-state index contributed by atoms with van der Waals surface area (Å²) in [5, 5.41) is 1.01. The number of fused-ring (bicyclic) bond motifs is 1. The van der Waals surface area contributed by atoms with Crippen molar-refractivity contribution in [3.8, 4) is 0 Å². The molecule has 2 N–H and O–H groups in total. The lowest BCUT2D eigenvalue weighted by Crippen LogP contribution is -2.57. The Balaban J connectivity index is 0.00000169. The predicted octanol–water partition coefficient (Wildman–Crippen LogP) is 1.94. The van der Waals surface area contributed by atoms with E-state index in [0.29, 0.717) is 31.8 Å². The second-order valence-electron chi connectivity index (χ2n) is 6.79. The summed E-state index contributed by atoms with van der Waals surface area (Å²) in [5.41, 5.74) is 6.63. The number of carbonyl (C=O) groups is 2. The first-order valence-corrected chi connectivity index (χ1v) is 9.51. The fourth-order valence-electron chi connectivity index (χ4n) is 3.99. The Morgan fingerprint density at radius 2 is 2.04 bits per heavy atom. The maximum Gasteiger partial charge on any atom is 0.227 e. The molecular weight excluding hydrogens is 395 g/mol. The van der Waals surface area contributed by atoms with Crippen LogP contribution in [0.2, 0.25) is 0 Å². The Hall–Kier alpha value is -0.890. The Morgan fingerprint density at radius 1 is 1.31 bits per heavy atom. The van der Waals surface area contributed by atoms with Crippen molar-refractivity contribution in [3.05, 3.63) is 15.6 Å². The van der Waals surface area contributed by atoms with Gasteiger partial charge in [-0.25, -0.2) is 4.98 Å². The maximum atomic E-state index is 12.7. The second-order valence-corrected chi connectivity index (χ2v) is 8.08. The molecule has 26 heavy (non-hydrogen) atoms. The number of likely N-dealkylation sites (tertiary alicyclic amines) is 2. The summed E-state index contributed by atoms with van der Waals surface area (Å²) in [5.74, 6) is 0.788. The van der Waals surface area contributed by atoms with Gasteiger partial charge in [0.1, 0.15) is 0 Å². The van der Waals surface area contributed by atoms with Gasteiger partial charge in [0, 0.05) is 43.5 Å². The molecule has 1 aromatic rings. The molecule has 0 bridgehead atoms. The first kappa shape index (κ1) is 23.1. The van der Waals surface area contributed by atoms with Crippen molar-refractivity contribution in [2.45, 2.75) is 45.6 Å². The number of rotatable bonds is 4. The number of aromatic nitrogens is 1. The number of aryl methyl sites for hydroxylation is 2. The van der Waals surface area contributed by atoms with Gasteiger partial charge in [0.15, 0.2) is 0 Å². The maximum absolute atomic E-state index is 12.7. The van der Waals surface area contributed by atoms with Crippen molar-refractivity contribution in [1.82, 2.24) is 14.8 Å². The smallest absolute Gasteiger partial charge is 0.227 e. The van der Waals surface area contributed by atoms with Crippen LogP contribution in [0.5, 0.6) is 0 Å². The number of carbonyl (C=O) groups excluding carboxylic acids is 2. The molecular formula is C17H28Cl2N4O2S. The Bertz CT molecular complexity index is 640. The van der Waals surface area contributed by atoms with E-state index in [1.165, 1.54) is 0 Å². The summed E-state index contributed by atoms with van der Waals surface area (Å²) in [7, 11) is 0. The molecule has 0 spiro atoms. The van der Waals surface area contributed by atoms with E-state index in [1.54, 1.807) is 11.3 Å². The largest absolute Gasteiger partial charge is 0.342 e. The molecule has 2 aliphatic rings. The van der Waals surface area contributed by atoms with E-state index < -0.39 is 0 Å². The van der Waals surface area contributed by atoms with E-state index in [2.05, 4.69) is 4.98 Å². The third-order valence-electron chi connectivity index (χ3n) is 5.18. The number of hydrogen-bond acceptors (Lipinski definition) is 5. The molecule has 148 valence electrons. The van der Waals surface area contributed by atoms with E-state index in [-0.39, 0.29) is 42.7 Å². The third-order valence-corrected chi connectivity index (χ3v) is 6.25. The molecule has 2 atom stereocenters. The second kappa shape index (κ2) is 9.88. The van der Waals surface area contributed by atoms with Crippen LogP contribution in [-0.4, -0.2) is 58.8 Å². The molecule has 3 rings (SSSR count). The molecule has 0 aliphatic carbocycles. The van der Waals surface area contributed by atoms with Crippen molar-refractivity contribution in [1.29, 1.82) is 0 Å². The zero-order valence-corrected chi connectivity index (χ0v) is 17.7. The van der Waals surface area contributed by atoms with Crippen LogP contribution in [0.15, 0.2) is 0 Å². The van der Waals surface area contributed by atoms with Crippen LogP contribution in [0.25, 0.3) is 0 Å². The fourth-order valence-corrected chi connectivity index (χ4v) is 4.92. The van der Waals surface area contributed by atoms with E-state index in [9.17, 15) is 9.59 Å². The lowest BCUT2D eigenvalue weighted by molar-refractivity contribution is -0.143. The average molecular weight is 423 g/mol. The third kappa shape index (κ3) is 4.88. The average Bonchev–Trinajstić information content (AvgIpc) is 2.87. The highest BCUT2D eigenvalue weighted by Gasteiger charge is 2.39. The van der Waals surface area contributed by atoms with Gasteiger partial charge >= 0.3 is 0 Å². The number of thiazole rings is 1. The first-order chi connectivity index (χ1) is 11.5. The standard InChI is InChI=1S/C17H26N4O2S.2ClH/c1-11-15(24-12(2)19-11)9-17(23)20-7-5-14-13(10-20)3-4-16(22)21(14)8-6-18;;/h13-14H,3-10,18H2,1-2H3;2*1H/t13-,14+;;/m0../s1. The Morgan fingerprint density at radius 3 is 2.65 bits per heavy atom. The number of halogens is 2. The van der Waals surface area contributed by atoms with Gasteiger partial charge in [0.2, 0.25) is 11.8 Å². The molecule has 0 unspecified atom stereocenters. The van der Waals surface area contributed by atoms with Crippen LogP contribution in [0.3, 0.4) is 0 Å². The van der Waals surface area contributed by atoms with Gasteiger partial charge in [0.25, 0.3) is 0 Å². The summed E-state index contributed by atoms with van der Waals surface area (Å²) in [4.78, 5) is 34.2. The van der Waals surface area contributed by atoms with Gasteiger partial charge in [-0.1, -0.05) is 0 Å². The van der Waals surface area contributed by atoms with E-state index >= 15 is 0 Å². The first-order valence-electron chi connectivity index (χ1n) is 8.69. The zero-order chi connectivity index (χ0) is 17.3. The summed E-state index contributed by atoms with van der Waals surface area (Å²) in [6, 6.07) is 0.256. The SMILES string of the molecule is Cc1nc(C)c(CC(=O)N2CC[C@@H]3[C@@H](CCC(=O)N3CCN)C2)s1.Cl.Cl. The van der Waals surface area contributed by atoms with Crippen molar-refractivity contribution >= 4 is 48.0 Å². The van der Waals surface area contributed by atoms with Crippen molar-refractivity contribution in [3.63, 3.8) is 0 Å². The summed E-state index contributed by atoms with van der Waals surface area (Å²) < 4.78 is 0. The molecule has 1 aromatic heterocycles. The molecule has 3 heterocycles. The van der Waals surface area contributed by atoms with Crippen LogP contribution in [0.4, 0.5) is 0 Å². The highest BCUT2D eigenvalue weighted by molar-refractivity contribution is 7.11. The molecule has 0 aromatic carbocycles. The zero-order valence-electron chi connectivity index (χ0n) is 15.3. The van der Waals surface area contributed by atoms with Gasteiger partial charge < -0.3 is 15.5 Å². The summed E-state index contributed by atoms with van der Waals surface area (Å²) in [6.45, 7) is 6.56. The van der Waals surface area contributed by atoms with Crippen LogP contribution >= 0.6 is 36.2 Å². The van der Waals surface area contributed by atoms with Crippen LogP contribution in [0.1, 0.15) is 34.8 Å². The minimum atomic E-state index is 0. The normalized spacial score (nSPS) is 22.3. The minimum Gasteiger partial charge on any atom is -0.342 e. The van der Waals surface area contributed by atoms with Gasteiger partial charge in [-0.05, 0) is 32.6 Å². The number of hydrogen-bond donors (Lipinski definition) is 1. The molecule has 0 radical (unpaired) electrons. The van der Waals surface area contributed by atoms with Gasteiger partial charge in [-0.15, -0.1) is 36.2 Å². The van der Waals surface area contributed by atoms with E-state index in [1.807, 2.05) is 23.6 Å². The van der Waals surface area contributed by atoms with E-state index in [4.69, 9.17) is 5.73 Å². The van der Waals surface area contributed by atoms with Crippen molar-refractivity contribution in [2.24, 2.45) is 11.7 Å². The number of amides is 2. The van der Waals surface area contributed by atoms with E-state index in [0.717, 1.165) is 41.5 Å². The lowest BCUT2D eigenvalue weighted by atomic mass is 9.83. The quantitative estimate of drug-likeness (QED) is 0.803. The number of piperidine rings is 2. The number of nitrogens with zero attached hydrogens (tertiary/aromatic N) is 3. The van der Waals surface area contributed by atoms with Gasteiger partial charge in [0.05, 0.1) is 17.1 Å². The van der Waals surface area contributed by atoms with Crippen LogP contribution in [0, 0.1) is 19.8 Å². The fraction of sp³-hybridized carbons (Fsp3) is 0.706. The lowest BCUT2D eigenvalue weighted by Gasteiger charge is -2.47. The topological polar surface area (TPSA) is 79.5 Å². The van der Waals surface area contributed by atoms with Gasteiger partial charge in [-0.2, -0.15) is 0 Å². The highest BCUT2D eigenvalue weighted by Crippen LogP contribution is 2.31. The number of nitrogens with two attached hydrogens (primary N) is 1. The molecule has 9 heteroatoms.